The molecule has 236 valence electrons. The van der Waals surface area contributed by atoms with E-state index in [2.05, 4.69) is 5.32 Å². The lowest BCUT2D eigenvalue weighted by molar-refractivity contribution is -0.140. The predicted octanol–water partition coefficient (Wildman–Crippen LogP) is 6.36. The minimum atomic E-state index is -4.24. The van der Waals surface area contributed by atoms with E-state index in [0.717, 1.165) is 9.87 Å². The fourth-order valence-electron chi connectivity index (χ4n) is 4.79. The maximum Gasteiger partial charge on any atom is 0.264 e. The van der Waals surface area contributed by atoms with Crippen LogP contribution >= 0.6 is 23.2 Å². The smallest absolute Gasteiger partial charge is 0.264 e. The van der Waals surface area contributed by atoms with Gasteiger partial charge in [-0.3, -0.25) is 13.9 Å². The van der Waals surface area contributed by atoms with Crippen molar-refractivity contribution >= 4 is 50.7 Å². The molecule has 0 aliphatic carbocycles. The molecule has 0 bridgehead atoms. The molecule has 0 aliphatic rings. The van der Waals surface area contributed by atoms with E-state index in [4.69, 9.17) is 27.9 Å². The van der Waals surface area contributed by atoms with Gasteiger partial charge < -0.3 is 15.0 Å². The van der Waals surface area contributed by atoms with Crippen LogP contribution in [0.2, 0.25) is 10.0 Å². The van der Waals surface area contributed by atoms with Crippen molar-refractivity contribution in [2.24, 2.45) is 0 Å². The van der Waals surface area contributed by atoms with E-state index in [1.165, 1.54) is 36.3 Å². The minimum absolute atomic E-state index is 0.0287. The zero-order valence-electron chi connectivity index (χ0n) is 25.2. The first-order valence-electron chi connectivity index (χ1n) is 14.3. The second kappa shape index (κ2) is 15.3. The maximum absolute atomic E-state index is 14.5. The highest BCUT2D eigenvalue weighted by Crippen LogP contribution is 2.29. The fraction of sp³-hybridized carbons (Fsp3) is 0.235. The Morgan fingerprint density at radius 3 is 1.96 bits per heavy atom. The molecule has 1 atom stereocenters. The number of hydrogen-bond acceptors (Lipinski definition) is 5. The molecule has 11 heteroatoms. The summed E-state index contributed by atoms with van der Waals surface area (Å²) in [6.45, 7) is 2.92. The van der Waals surface area contributed by atoms with Crippen LogP contribution < -0.4 is 14.4 Å². The van der Waals surface area contributed by atoms with E-state index in [1.807, 2.05) is 44.2 Å². The van der Waals surface area contributed by atoms with Gasteiger partial charge in [-0.25, -0.2) is 8.42 Å². The first-order chi connectivity index (χ1) is 21.5. The molecule has 1 unspecified atom stereocenters. The second-order valence-electron chi connectivity index (χ2n) is 10.6. The summed E-state index contributed by atoms with van der Waals surface area (Å²) in [4.78, 5) is 29.6. The summed E-state index contributed by atoms with van der Waals surface area (Å²) in [6, 6.07) is 27.3. The van der Waals surface area contributed by atoms with E-state index < -0.39 is 34.4 Å². The van der Waals surface area contributed by atoms with E-state index in [-0.39, 0.29) is 29.6 Å². The summed E-state index contributed by atoms with van der Waals surface area (Å²) in [6.07, 6.45) is 0.170. The number of sulfonamides is 1. The number of nitrogens with zero attached hydrogens (tertiary/aromatic N) is 2. The number of nitrogens with one attached hydrogen (secondary N) is 1. The number of rotatable bonds is 13. The van der Waals surface area contributed by atoms with Crippen LogP contribution in [0.1, 0.15) is 25.0 Å². The predicted molar refractivity (Wildman–Crippen MR) is 178 cm³/mol. The number of methoxy groups -OCH3 is 1. The molecule has 0 heterocycles. The van der Waals surface area contributed by atoms with Gasteiger partial charge in [0.1, 0.15) is 18.3 Å². The first kappa shape index (κ1) is 33.8. The van der Waals surface area contributed by atoms with Crippen LogP contribution in [0.4, 0.5) is 5.69 Å². The molecule has 0 saturated heterocycles. The molecular formula is C34H35Cl2N3O5S. The second-order valence-corrected chi connectivity index (χ2v) is 13.3. The molecule has 2 amide bonds. The molecule has 45 heavy (non-hydrogen) atoms. The lowest BCUT2D eigenvalue weighted by atomic mass is 10.0. The Balaban J connectivity index is 1.82. The number of para-hydroxylation sites is 1. The average Bonchev–Trinajstić information content (AvgIpc) is 3.03. The summed E-state index contributed by atoms with van der Waals surface area (Å²) < 4.78 is 34.4. The first-order valence-corrected chi connectivity index (χ1v) is 16.5. The quantitative estimate of drug-likeness (QED) is 0.179. The standard InChI is InChI=1S/C34H35Cl2N3O5S/c1-24(2)37-34(41)32(21-25-11-6-4-7-12-25)38(22-29-30(35)15-10-16-31(29)36)33(40)23-39(26-13-8-5-9-14-26)45(42,43)28-19-17-27(44-3)18-20-28/h4-20,24,32H,21-23H2,1-3H3,(H,37,41). The largest absolute Gasteiger partial charge is 0.497 e. The van der Waals surface area contributed by atoms with Gasteiger partial charge in [-0.05, 0) is 67.9 Å². The Hall–Kier alpha value is -4.05. The highest BCUT2D eigenvalue weighted by atomic mass is 35.5. The van der Waals surface area contributed by atoms with Crippen molar-refractivity contribution in [2.45, 2.75) is 43.8 Å². The van der Waals surface area contributed by atoms with E-state index in [1.54, 1.807) is 48.5 Å². The monoisotopic (exact) mass is 667 g/mol. The van der Waals surface area contributed by atoms with Crippen LogP contribution in [0.3, 0.4) is 0 Å². The summed E-state index contributed by atoms with van der Waals surface area (Å²) >= 11 is 13.1. The zero-order valence-corrected chi connectivity index (χ0v) is 27.5. The van der Waals surface area contributed by atoms with Crippen LogP contribution in [0.5, 0.6) is 5.75 Å². The lowest BCUT2D eigenvalue weighted by Gasteiger charge is -2.34. The molecule has 0 aliphatic heterocycles. The van der Waals surface area contributed by atoms with Crippen molar-refractivity contribution < 1.29 is 22.7 Å². The Morgan fingerprint density at radius 2 is 1.40 bits per heavy atom. The summed E-state index contributed by atoms with van der Waals surface area (Å²) in [7, 11) is -2.76. The third kappa shape index (κ3) is 8.57. The molecule has 4 rings (SSSR count). The molecule has 0 fully saturated rings. The highest BCUT2D eigenvalue weighted by molar-refractivity contribution is 7.92. The topological polar surface area (TPSA) is 96.0 Å². The molecule has 0 saturated carbocycles. The van der Waals surface area contributed by atoms with Gasteiger partial charge in [-0.15, -0.1) is 0 Å². The molecule has 4 aromatic rings. The van der Waals surface area contributed by atoms with Crippen molar-refractivity contribution in [2.75, 3.05) is 18.0 Å². The Bertz CT molecular complexity index is 1680. The minimum Gasteiger partial charge on any atom is -0.497 e. The van der Waals surface area contributed by atoms with Crippen LogP contribution in [-0.2, 0) is 32.6 Å². The van der Waals surface area contributed by atoms with Crippen LogP contribution in [-0.4, -0.2) is 50.9 Å². The van der Waals surface area contributed by atoms with E-state index >= 15 is 0 Å². The number of ether oxygens (including phenoxy) is 1. The Kier molecular flexibility index (Phi) is 11.5. The Labute approximate surface area is 274 Å². The van der Waals surface area contributed by atoms with Crippen molar-refractivity contribution in [1.82, 2.24) is 10.2 Å². The number of amides is 2. The summed E-state index contributed by atoms with van der Waals surface area (Å²) in [5.41, 5.74) is 1.53. The van der Waals surface area contributed by atoms with Gasteiger partial charge in [0.25, 0.3) is 10.0 Å². The summed E-state index contributed by atoms with van der Waals surface area (Å²) in [5.74, 6) is -0.527. The molecule has 0 radical (unpaired) electrons. The molecule has 0 aromatic heterocycles. The lowest BCUT2D eigenvalue weighted by Crippen LogP contribution is -2.54. The number of carbonyl (C=O) groups excluding carboxylic acids is 2. The van der Waals surface area contributed by atoms with Crippen LogP contribution in [0, 0.1) is 0 Å². The van der Waals surface area contributed by atoms with Gasteiger partial charge in [-0.1, -0.05) is 77.8 Å². The third-order valence-electron chi connectivity index (χ3n) is 7.06. The summed E-state index contributed by atoms with van der Waals surface area (Å²) in [5, 5.41) is 3.55. The SMILES string of the molecule is COc1ccc(S(=O)(=O)N(CC(=O)N(Cc2c(Cl)cccc2Cl)C(Cc2ccccc2)C(=O)NC(C)C)c2ccccc2)cc1. The maximum atomic E-state index is 14.5. The van der Waals surface area contributed by atoms with E-state index in [9.17, 15) is 18.0 Å². The average molecular weight is 669 g/mol. The van der Waals surface area contributed by atoms with Crippen molar-refractivity contribution in [3.63, 3.8) is 0 Å². The molecular weight excluding hydrogens is 633 g/mol. The van der Waals surface area contributed by atoms with Crippen molar-refractivity contribution in [3.8, 4) is 5.75 Å². The normalized spacial score (nSPS) is 12.0. The van der Waals surface area contributed by atoms with Crippen molar-refractivity contribution in [3.05, 3.63) is 124 Å². The number of anilines is 1. The fourth-order valence-corrected chi connectivity index (χ4v) is 6.72. The zero-order chi connectivity index (χ0) is 32.6. The van der Waals surface area contributed by atoms with Gasteiger partial charge in [0.15, 0.2) is 0 Å². The third-order valence-corrected chi connectivity index (χ3v) is 9.56. The van der Waals surface area contributed by atoms with Gasteiger partial charge in [0.05, 0.1) is 17.7 Å². The number of hydrogen-bond donors (Lipinski definition) is 1. The van der Waals surface area contributed by atoms with E-state index in [0.29, 0.717) is 21.4 Å². The van der Waals surface area contributed by atoms with Crippen molar-refractivity contribution in [1.29, 1.82) is 0 Å². The van der Waals surface area contributed by atoms with Crippen LogP contribution in [0.25, 0.3) is 0 Å². The van der Waals surface area contributed by atoms with Gasteiger partial charge in [0, 0.05) is 34.6 Å². The molecule has 4 aromatic carbocycles. The number of halogens is 2. The molecule has 1 N–H and O–H groups in total. The molecule has 8 nitrogen and oxygen atoms in total. The molecule has 0 spiro atoms. The number of carbonyl (C=O) groups is 2. The number of benzene rings is 4. The van der Waals surface area contributed by atoms with Gasteiger partial charge >= 0.3 is 0 Å². The highest BCUT2D eigenvalue weighted by Gasteiger charge is 2.35. The van der Waals surface area contributed by atoms with Gasteiger partial charge in [-0.2, -0.15) is 0 Å². The Morgan fingerprint density at radius 1 is 0.822 bits per heavy atom. The van der Waals surface area contributed by atoms with Gasteiger partial charge in [0.2, 0.25) is 11.8 Å². The van der Waals surface area contributed by atoms with Crippen LogP contribution in [0.15, 0.2) is 108 Å².